The molecule has 1 saturated carbocycles. The summed E-state index contributed by atoms with van der Waals surface area (Å²) in [5, 5.41) is -0.300. The Morgan fingerprint density at radius 3 is 2.24 bits per heavy atom. The van der Waals surface area contributed by atoms with Crippen molar-refractivity contribution in [1.29, 1.82) is 0 Å². The van der Waals surface area contributed by atoms with Crippen LogP contribution in [-0.4, -0.2) is 5.24 Å². The van der Waals surface area contributed by atoms with Crippen LogP contribution in [-0.2, 0) is 16.6 Å². The average molecular weight is 299 g/mol. The lowest BCUT2D eigenvalue weighted by Crippen LogP contribution is -2.31. The summed E-state index contributed by atoms with van der Waals surface area (Å²) in [5.74, 6) is 0.728. The molecule has 0 saturated heterocycles. The van der Waals surface area contributed by atoms with Crippen molar-refractivity contribution >= 4 is 16.8 Å². The Bertz CT molecular complexity index is 628. The molecule has 0 heterocycles. The van der Waals surface area contributed by atoms with E-state index in [0.717, 1.165) is 17.0 Å². The van der Waals surface area contributed by atoms with E-state index in [9.17, 15) is 4.79 Å². The largest absolute Gasteiger partial charge is 0.280 e. The Kier molecular flexibility index (Phi) is 3.86. The molecule has 21 heavy (non-hydrogen) atoms. The van der Waals surface area contributed by atoms with Crippen LogP contribution in [0, 0.1) is 0 Å². The molecule has 1 unspecified atom stereocenters. The van der Waals surface area contributed by atoms with Crippen LogP contribution in [0.4, 0.5) is 0 Å². The van der Waals surface area contributed by atoms with Gasteiger partial charge in [-0.25, -0.2) is 0 Å². The predicted molar refractivity (Wildman–Crippen MR) is 86.8 cm³/mol. The first kappa shape index (κ1) is 14.3. The molecule has 0 bridgehead atoms. The summed E-state index contributed by atoms with van der Waals surface area (Å²) in [5.41, 5.74) is 2.82. The molecule has 2 aromatic carbocycles. The zero-order valence-corrected chi connectivity index (χ0v) is 12.9. The topological polar surface area (TPSA) is 17.1 Å². The maximum Gasteiger partial charge on any atom is 0.232 e. The fourth-order valence-corrected chi connectivity index (χ4v) is 3.00. The number of carbonyl (C=O) groups is 1. The number of carbonyl (C=O) groups excluding carboxylic acids is 1. The minimum atomic E-state index is -0.676. The van der Waals surface area contributed by atoms with Gasteiger partial charge in [-0.3, -0.25) is 4.79 Å². The minimum absolute atomic E-state index is 0.300. The third-order valence-corrected chi connectivity index (χ3v) is 4.85. The lowest BCUT2D eigenvalue weighted by Gasteiger charge is -2.26. The van der Waals surface area contributed by atoms with Gasteiger partial charge in [-0.15, -0.1) is 0 Å². The molecule has 2 aromatic rings. The first-order valence-corrected chi connectivity index (χ1v) is 7.82. The van der Waals surface area contributed by atoms with Crippen molar-refractivity contribution in [2.24, 2.45) is 0 Å². The van der Waals surface area contributed by atoms with Gasteiger partial charge in [0.25, 0.3) is 0 Å². The summed E-state index contributed by atoms with van der Waals surface area (Å²) in [6.07, 6.45) is 3.20. The quantitative estimate of drug-likeness (QED) is 0.723. The zero-order chi connectivity index (χ0) is 14.9. The minimum Gasteiger partial charge on any atom is -0.280 e. The van der Waals surface area contributed by atoms with Gasteiger partial charge in [-0.1, -0.05) is 54.6 Å². The van der Waals surface area contributed by atoms with E-state index in [2.05, 4.69) is 24.3 Å². The van der Waals surface area contributed by atoms with Gasteiger partial charge in [0, 0.05) is 0 Å². The molecule has 1 aliphatic rings. The molecule has 0 aliphatic heterocycles. The van der Waals surface area contributed by atoms with Gasteiger partial charge in [-0.05, 0) is 60.4 Å². The standard InChI is InChI=1S/C19H19ClO/c1-19(18(20)21,13-14-5-3-2-4-6-14)17-11-9-16(10-12-17)15-7-8-15/h2-6,9-12,15H,7-8,13H2,1H3. The molecular weight excluding hydrogens is 280 g/mol. The number of halogens is 1. The van der Waals surface area contributed by atoms with Crippen molar-refractivity contribution in [2.45, 2.75) is 37.5 Å². The van der Waals surface area contributed by atoms with Crippen LogP contribution in [0.15, 0.2) is 54.6 Å². The number of rotatable bonds is 5. The van der Waals surface area contributed by atoms with Gasteiger partial charge in [-0.2, -0.15) is 0 Å². The molecule has 0 radical (unpaired) electrons. The summed E-state index contributed by atoms with van der Waals surface area (Å²) in [6.45, 7) is 1.93. The van der Waals surface area contributed by atoms with E-state index in [4.69, 9.17) is 11.6 Å². The van der Waals surface area contributed by atoms with E-state index in [1.54, 1.807) is 0 Å². The van der Waals surface area contributed by atoms with Crippen LogP contribution in [0.1, 0.15) is 42.4 Å². The van der Waals surface area contributed by atoms with Crippen molar-refractivity contribution in [3.63, 3.8) is 0 Å². The lowest BCUT2D eigenvalue weighted by atomic mass is 9.78. The van der Waals surface area contributed by atoms with Gasteiger partial charge >= 0.3 is 0 Å². The van der Waals surface area contributed by atoms with Crippen LogP contribution in [0.5, 0.6) is 0 Å². The second-order valence-electron chi connectivity index (χ2n) is 6.16. The fourth-order valence-electron chi connectivity index (χ4n) is 2.83. The van der Waals surface area contributed by atoms with Crippen LogP contribution in [0.2, 0.25) is 0 Å². The van der Waals surface area contributed by atoms with Gasteiger partial charge in [0.05, 0.1) is 5.41 Å². The third-order valence-electron chi connectivity index (χ3n) is 4.43. The maximum absolute atomic E-state index is 12.1. The summed E-state index contributed by atoms with van der Waals surface area (Å²) in [6, 6.07) is 18.5. The summed E-state index contributed by atoms with van der Waals surface area (Å²) < 4.78 is 0. The van der Waals surface area contributed by atoms with Crippen molar-refractivity contribution in [2.75, 3.05) is 0 Å². The molecule has 2 heteroatoms. The smallest absolute Gasteiger partial charge is 0.232 e. The van der Waals surface area contributed by atoms with E-state index in [0.29, 0.717) is 6.42 Å². The molecule has 108 valence electrons. The van der Waals surface area contributed by atoms with E-state index in [-0.39, 0.29) is 5.24 Å². The molecule has 1 aliphatic carbocycles. The Labute approximate surface area is 131 Å². The average Bonchev–Trinajstić information content (AvgIpc) is 3.33. The monoisotopic (exact) mass is 298 g/mol. The molecule has 1 fully saturated rings. The van der Waals surface area contributed by atoms with E-state index in [1.807, 2.05) is 37.3 Å². The summed E-state index contributed by atoms with van der Waals surface area (Å²) in [7, 11) is 0. The molecule has 1 nitrogen and oxygen atoms in total. The molecule has 0 aromatic heterocycles. The Balaban J connectivity index is 1.90. The van der Waals surface area contributed by atoms with Gasteiger partial charge in [0.1, 0.15) is 0 Å². The molecule has 0 spiro atoms. The highest BCUT2D eigenvalue weighted by atomic mass is 35.5. The molecule has 0 amide bonds. The highest BCUT2D eigenvalue weighted by molar-refractivity contribution is 6.65. The Hall–Kier alpha value is -1.60. The van der Waals surface area contributed by atoms with Gasteiger partial charge in [0.2, 0.25) is 5.24 Å². The molecular formula is C19H19ClO. The Morgan fingerprint density at radius 2 is 1.71 bits per heavy atom. The van der Waals surface area contributed by atoms with Gasteiger partial charge in [0.15, 0.2) is 0 Å². The lowest BCUT2D eigenvalue weighted by molar-refractivity contribution is -0.116. The highest BCUT2D eigenvalue weighted by Crippen LogP contribution is 2.41. The third kappa shape index (κ3) is 3.03. The van der Waals surface area contributed by atoms with Crippen LogP contribution < -0.4 is 0 Å². The summed E-state index contributed by atoms with van der Waals surface area (Å²) in [4.78, 5) is 12.1. The fraction of sp³-hybridized carbons (Fsp3) is 0.316. The van der Waals surface area contributed by atoms with Crippen molar-refractivity contribution in [1.82, 2.24) is 0 Å². The molecule has 1 atom stereocenters. The first-order valence-electron chi connectivity index (χ1n) is 7.44. The van der Waals surface area contributed by atoms with E-state index < -0.39 is 5.41 Å². The highest BCUT2D eigenvalue weighted by Gasteiger charge is 2.34. The molecule has 3 rings (SSSR count). The molecule has 0 N–H and O–H groups in total. The first-order chi connectivity index (χ1) is 10.1. The Morgan fingerprint density at radius 1 is 1.10 bits per heavy atom. The SMILES string of the molecule is CC(Cc1ccccc1)(C(=O)Cl)c1ccc(C2CC2)cc1. The zero-order valence-electron chi connectivity index (χ0n) is 12.2. The predicted octanol–water partition coefficient (Wildman–Crippen LogP) is 4.83. The van der Waals surface area contributed by atoms with E-state index in [1.165, 1.54) is 18.4 Å². The van der Waals surface area contributed by atoms with Crippen molar-refractivity contribution in [3.05, 3.63) is 71.3 Å². The van der Waals surface area contributed by atoms with Crippen LogP contribution >= 0.6 is 11.6 Å². The number of hydrogen-bond donors (Lipinski definition) is 0. The second kappa shape index (κ2) is 5.65. The number of benzene rings is 2. The van der Waals surface area contributed by atoms with Crippen LogP contribution in [0.3, 0.4) is 0 Å². The maximum atomic E-state index is 12.1. The van der Waals surface area contributed by atoms with E-state index >= 15 is 0 Å². The van der Waals surface area contributed by atoms with Crippen molar-refractivity contribution in [3.8, 4) is 0 Å². The van der Waals surface area contributed by atoms with Crippen molar-refractivity contribution < 1.29 is 4.79 Å². The normalized spacial score (nSPS) is 17.2. The second-order valence-corrected chi connectivity index (χ2v) is 6.51. The van der Waals surface area contributed by atoms with Crippen LogP contribution in [0.25, 0.3) is 0 Å². The summed E-state index contributed by atoms with van der Waals surface area (Å²) >= 11 is 5.95. The number of hydrogen-bond acceptors (Lipinski definition) is 1. The van der Waals surface area contributed by atoms with Gasteiger partial charge < -0.3 is 0 Å².